The Morgan fingerprint density at radius 1 is 1.39 bits per heavy atom. The van der Waals surface area contributed by atoms with Gasteiger partial charge in [-0.15, -0.1) is 0 Å². The molecule has 0 aliphatic carbocycles. The van der Waals surface area contributed by atoms with E-state index in [-0.39, 0.29) is 23.1 Å². The van der Waals surface area contributed by atoms with Crippen LogP contribution in [0.15, 0.2) is 6.33 Å². The SMILES string of the molecule is CCCN(CC(F)(F)F)c1ncnc(Cl)c1CO. The summed E-state index contributed by atoms with van der Waals surface area (Å²) >= 11 is 5.73. The molecule has 18 heavy (non-hydrogen) atoms. The van der Waals surface area contributed by atoms with E-state index in [1.807, 2.05) is 0 Å². The molecular formula is C10H13ClF3N3O. The van der Waals surface area contributed by atoms with Gasteiger partial charge in [0.25, 0.3) is 0 Å². The van der Waals surface area contributed by atoms with Gasteiger partial charge in [-0.25, -0.2) is 9.97 Å². The van der Waals surface area contributed by atoms with Crippen LogP contribution in [0.1, 0.15) is 18.9 Å². The fraction of sp³-hybridized carbons (Fsp3) is 0.600. The number of alkyl halides is 3. The van der Waals surface area contributed by atoms with Crippen LogP contribution in [-0.4, -0.2) is 34.3 Å². The molecule has 102 valence electrons. The Kier molecular flexibility index (Phi) is 5.15. The molecule has 0 aromatic carbocycles. The van der Waals surface area contributed by atoms with Gasteiger partial charge < -0.3 is 10.0 Å². The summed E-state index contributed by atoms with van der Waals surface area (Å²) < 4.78 is 37.4. The van der Waals surface area contributed by atoms with E-state index < -0.39 is 19.3 Å². The van der Waals surface area contributed by atoms with Gasteiger partial charge in [0.2, 0.25) is 0 Å². The van der Waals surface area contributed by atoms with Crippen molar-refractivity contribution in [2.45, 2.75) is 26.1 Å². The molecule has 0 bridgehead atoms. The van der Waals surface area contributed by atoms with Crippen molar-refractivity contribution in [1.29, 1.82) is 0 Å². The quantitative estimate of drug-likeness (QED) is 0.843. The van der Waals surface area contributed by atoms with Gasteiger partial charge in [0.1, 0.15) is 23.8 Å². The Morgan fingerprint density at radius 2 is 2.06 bits per heavy atom. The number of rotatable bonds is 5. The molecule has 0 aliphatic rings. The molecule has 0 fully saturated rings. The van der Waals surface area contributed by atoms with Crippen molar-refractivity contribution in [2.75, 3.05) is 18.0 Å². The van der Waals surface area contributed by atoms with Gasteiger partial charge in [0.15, 0.2) is 0 Å². The zero-order valence-corrected chi connectivity index (χ0v) is 10.5. The van der Waals surface area contributed by atoms with Gasteiger partial charge >= 0.3 is 6.18 Å². The van der Waals surface area contributed by atoms with E-state index in [1.54, 1.807) is 6.92 Å². The molecule has 4 nitrogen and oxygen atoms in total. The maximum Gasteiger partial charge on any atom is 0.405 e. The standard InChI is InChI=1S/C10H13ClF3N3O/c1-2-3-17(5-10(12,13)14)9-7(4-18)8(11)15-6-16-9/h6,18H,2-5H2,1H3. The van der Waals surface area contributed by atoms with Gasteiger partial charge in [0.05, 0.1) is 12.2 Å². The van der Waals surface area contributed by atoms with Gasteiger partial charge in [-0.2, -0.15) is 13.2 Å². The maximum absolute atomic E-state index is 12.5. The minimum Gasteiger partial charge on any atom is -0.391 e. The fourth-order valence-electron chi connectivity index (χ4n) is 1.54. The number of aliphatic hydroxyl groups excluding tert-OH is 1. The number of aliphatic hydroxyl groups is 1. The van der Waals surface area contributed by atoms with E-state index in [0.717, 1.165) is 11.2 Å². The molecule has 0 amide bonds. The molecule has 0 aliphatic heterocycles. The molecule has 1 aromatic rings. The molecule has 1 N–H and O–H groups in total. The van der Waals surface area contributed by atoms with E-state index >= 15 is 0 Å². The summed E-state index contributed by atoms with van der Waals surface area (Å²) in [7, 11) is 0. The van der Waals surface area contributed by atoms with E-state index in [2.05, 4.69) is 9.97 Å². The Bertz CT molecular complexity index is 400. The summed E-state index contributed by atoms with van der Waals surface area (Å²) in [6.45, 7) is 0.277. The third-order valence-electron chi connectivity index (χ3n) is 2.19. The third-order valence-corrected chi connectivity index (χ3v) is 2.52. The van der Waals surface area contributed by atoms with Crippen LogP contribution >= 0.6 is 11.6 Å². The minimum atomic E-state index is -4.35. The molecule has 1 heterocycles. The van der Waals surface area contributed by atoms with E-state index in [4.69, 9.17) is 16.7 Å². The first-order valence-corrected chi connectivity index (χ1v) is 5.68. The molecule has 0 unspecified atom stereocenters. The fourth-order valence-corrected chi connectivity index (χ4v) is 1.72. The topological polar surface area (TPSA) is 49.2 Å². The number of hydrogen-bond donors (Lipinski definition) is 1. The highest BCUT2D eigenvalue weighted by atomic mass is 35.5. The summed E-state index contributed by atoms with van der Waals surface area (Å²) in [6, 6.07) is 0. The number of nitrogens with zero attached hydrogens (tertiary/aromatic N) is 3. The Hall–Kier alpha value is -1.08. The predicted octanol–water partition coefficient (Wildman–Crippen LogP) is 2.40. The molecule has 1 aromatic heterocycles. The van der Waals surface area contributed by atoms with Gasteiger partial charge in [0, 0.05) is 6.54 Å². The smallest absolute Gasteiger partial charge is 0.391 e. The van der Waals surface area contributed by atoms with Crippen LogP contribution in [0.2, 0.25) is 5.15 Å². The first kappa shape index (κ1) is 15.0. The lowest BCUT2D eigenvalue weighted by atomic mass is 10.2. The number of anilines is 1. The van der Waals surface area contributed by atoms with Gasteiger partial charge in [-0.1, -0.05) is 18.5 Å². The predicted molar refractivity (Wildman–Crippen MR) is 61.5 cm³/mol. The number of aromatic nitrogens is 2. The third kappa shape index (κ3) is 3.99. The van der Waals surface area contributed by atoms with Crippen molar-refractivity contribution in [3.8, 4) is 0 Å². The maximum atomic E-state index is 12.5. The lowest BCUT2D eigenvalue weighted by Crippen LogP contribution is -2.36. The molecule has 0 radical (unpaired) electrons. The second kappa shape index (κ2) is 6.19. The Morgan fingerprint density at radius 3 is 2.56 bits per heavy atom. The van der Waals surface area contributed by atoms with Crippen molar-refractivity contribution >= 4 is 17.4 Å². The van der Waals surface area contributed by atoms with Gasteiger partial charge in [-0.3, -0.25) is 0 Å². The highest BCUT2D eigenvalue weighted by Crippen LogP contribution is 2.26. The van der Waals surface area contributed by atoms with Crippen molar-refractivity contribution < 1.29 is 18.3 Å². The second-order valence-electron chi connectivity index (χ2n) is 3.66. The van der Waals surface area contributed by atoms with Gasteiger partial charge in [-0.05, 0) is 6.42 Å². The first-order valence-electron chi connectivity index (χ1n) is 5.31. The molecular weight excluding hydrogens is 271 g/mol. The molecule has 0 saturated carbocycles. The summed E-state index contributed by atoms with van der Waals surface area (Å²) in [5, 5.41) is 9.11. The Balaban J connectivity index is 3.09. The van der Waals surface area contributed by atoms with Crippen molar-refractivity contribution in [3.63, 3.8) is 0 Å². The normalized spacial score (nSPS) is 11.7. The molecule has 0 atom stereocenters. The lowest BCUT2D eigenvalue weighted by molar-refractivity contribution is -0.119. The summed E-state index contributed by atoms with van der Waals surface area (Å²) in [6.07, 6.45) is -2.75. The van der Waals surface area contributed by atoms with E-state index in [9.17, 15) is 13.2 Å². The van der Waals surface area contributed by atoms with Crippen molar-refractivity contribution in [3.05, 3.63) is 17.0 Å². The van der Waals surface area contributed by atoms with Crippen molar-refractivity contribution in [2.24, 2.45) is 0 Å². The van der Waals surface area contributed by atoms with Crippen LogP contribution in [0, 0.1) is 0 Å². The van der Waals surface area contributed by atoms with Crippen LogP contribution < -0.4 is 4.90 Å². The van der Waals surface area contributed by atoms with E-state index in [0.29, 0.717) is 6.42 Å². The summed E-state index contributed by atoms with van der Waals surface area (Å²) in [5.74, 6) is 0.0247. The average Bonchev–Trinajstić information content (AvgIpc) is 2.26. The lowest BCUT2D eigenvalue weighted by Gasteiger charge is -2.26. The zero-order chi connectivity index (χ0) is 13.8. The molecule has 1 rings (SSSR count). The van der Waals surface area contributed by atoms with Crippen LogP contribution in [0.5, 0.6) is 0 Å². The second-order valence-corrected chi connectivity index (χ2v) is 4.02. The number of halogens is 4. The highest BCUT2D eigenvalue weighted by molar-refractivity contribution is 6.30. The summed E-state index contributed by atoms with van der Waals surface area (Å²) in [5.41, 5.74) is 0.108. The monoisotopic (exact) mass is 283 g/mol. The first-order chi connectivity index (χ1) is 8.39. The average molecular weight is 284 g/mol. The van der Waals surface area contributed by atoms with Crippen LogP contribution in [0.4, 0.5) is 19.0 Å². The van der Waals surface area contributed by atoms with Crippen LogP contribution in [-0.2, 0) is 6.61 Å². The molecule has 0 spiro atoms. The summed E-state index contributed by atoms with van der Waals surface area (Å²) in [4.78, 5) is 8.46. The van der Waals surface area contributed by atoms with Crippen molar-refractivity contribution in [1.82, 2.24) is 9.97 Å². The van der Waals surface area contributed by atoms with E-state index in [1.165, 1.54) is 0 Å². The zero-order valence-electron chi connectivity index (χ0n) is 9.71. The molecule has 0 saturated heterocycles. The Labute approximate surface area is 107 Å². The highest BCUT2D eigenvalue weighted by Gasteiger charge is 2.32. The molecule has 8 heteroatoms. The number of hydrogen-bond acceptors (Lipinski definition) is 4. The van der Waals surface area contributed by atoms with Crippen LogP contribution in [0.25, 0.3) is 0 Å². The minimum absolute atomic E-state index is 0.0247. The van der Waals surface area contributed by atoms with Crippen LogP contribution in [0.3, 0.4) is 0 Å². The largest absolute Gasteiger partial charge is 0.405 e.